The van der Waals surface area contributed by atoms with Gasteiger partial charge in [-0.1, -0.05) is 24.3 Å². The summed E-state index contributed by atoms with van der Waals surface area (Å²) in [4.78, 5) is 34.8. The van der Waals surface area contributed by atoms with Gasteiger partial charge in [0.1, 0.15) is 11.2 Å². The largest absolute Gasteiger partial charge is 0.367 e. The lowest BCUT2D eigenvalue weighted by Crippen LogP contribution is -2.44. The van der Waals surface area contributed by atoms with Gasteiger partial charge >= 0.3 is 0 Å². The summed E-state index contributed by atoms with van der Waals surface area (Å²) < 4.78 is 0. The van der Waals surface area contributed by atoms with Crippen molar-refractivity contribution in [3.8, 4) is 22.6 Å². The van der Waals surface area contributed by atoms with Gasteiger partial charge in [0.2, 0.25) is 0 Å². The van der Waals surface area contributed by atoms with Gasteiger partial charge in [-0.05, 0) is 43.4 Å². The third kappa shape index (κ3) is 4.44. The summed E-state index contributed by atoms with van der Waals surface area (Å²) in [5.74, 6) is 0.520. The molecule has 198 valence electrons. The molecule has 1 aliphatic rings. The number of imidazole rings is 1. The first-order valence-electron chi connectivity index (χ1n) is 13.2. The van der Waals surface area contributed by atoms with Crippen LogP contribution in [0, 0.1) is 0 Å². The van der Waals surface area contributed by atoms with Gasteiger partial charge in [-0.2, -0.15) is 5.10 Å². The van der Waals surface area contributed by atoms with E-state index in [2.05, 4.69) is 65.5 Å². The predicted octanol–water partition coefficient (Wildman–Crippen LogP) is 4.57. The maximum absolute atomic E-state index is 12.6. The van der Waals surface area contributed by atoms with Crippen LogP contribution in [0.15, 0.2) is 79.3 Å². The third-order valence-corrected chi connectivity index (χ3v) is 7.35. The van der Waals surface area contributed by atoms with E-state index in [0.29, 0.717) is 22.7 Å². The van der Waals surface area contributed by atoms with E-state index in [1.807, 2.05) is 30.3 Å². The molecule has 0 unspecified atom stereocenters. The number of hydrogen-bond donors (Lipinski definition) is 3. The fourth-order valence-electron chi connectivity index (χ4n) is 5.13. The number of nitrogens with zero attached hydrogens (tertiary/aromatic N) is 6. The molecular formula is C30H27N9O. The van der Waals surface area contributed by atoms with Crippen LogP contribution in [-0.2, 0) is 0 Å². The van der Waals surface area contributed by atoms with Gasteiger partial charge in [0, 0.05) is 55.3 Å². The monoisotopic (exact) mass is 529 g/mol. The number of rotatable bonds is 5. The smallest absolute Gasteiger partial charge is 0.255 e. The standard InChI is InChI=1S/C30H27N9O/c1-38-10-12-39(13-11-38)25-9-5-8-24-27(25)35-29(34-24)26-23-15-21(17-32-28(23)37-36-26)20-14-22(18-31-16-20)33-30(40)19-6-3-2-4-7-19/h2-9,14-18H,10-13H2,1H3,(H,33,40)(H,34,35)(H,32,36,37). The molecule has 1 amide bonds. The van der Waals surface area contributed by atoms with Crippen LogP contribution in [0.3, 0.4) is 0 Å². The van der Waals surface area contributed by atoms with E-state index < -0.39 is 0 Å². The van der Waals surface area contributed by atoms with Crippen molar-refractivity contribution in [2.75, 3.05) is 43.4 Å². The lowest BCUT2D eigenvalue weighted by molar-refractivity contribution is 0.102. The van der Waals surface area contributed by atoms with Gasteiger partial charge in [-0.25, -0.2) is 9.97 Å². The highest BCUT2D eigenvalue weighted by atomic mass is 16.1. The summed E-state index contributed by atoms with van der Waals surface area (Å²) in [5, 5.41) is 11.3. The zero-order valence-corrected chi connectivity index (χ0v) is 21.9. The average molecular weight is 530 g/mol. The highest BCUT2D eigenvalue weighted by Gasteiger charge is 2.20. The minimum absolute atomic E-state index is 0.189. The van der Waals surface area contributed by atoms with Crippen LogP contribution in [0.2, 0.25) is 0 Å². The van der Waals surface area contributed by atoms with Gasteiger partial charge in [-0.3, -0.25) is 14.9 Å². The summed E-state index contributed by atoms with van der Waals surface area (Å²) in [6, 6.07) is 19.3. The summed E-state index contributed by atoms with van der Waals surface area (Å²) in [6.45, 7) is 3.99. The molecule has 5 heterocycles. The molecule has 0 bridgehead atoms. The molecule has 4 aromatic heterocycles. The minimum Gasteiger partial charge on any atom is -0.367 e. The number of aromatic nitrogens is 6. The van der Waals surface area contributed by atoms with Gasteiger partial charge < -0.3 is 20.1 Å². The molecule has 0 saturated carbocycles. The Bertz CT molecular complexity index is 1830. The number of hydrogen-bond acceptors (Lipinski definition) is 7. The molecule has 0 radical (unpaired) electrons. The molecular weight excluding hydrogens is 502 g/mol. The van der Waals surface area contributed by atoms with Gasteiger partial charge in [-0.15, -0.1) is 0 Å². The molecule has 0 aliphatic carbocycles. The van der Waals surface area contributed by atoms with Crippen LogP contribution >= 0.6 is 0 Å². The van der Waals surface area contributed by atoms with Crippen LogP contribution < -0.4 is 10.2 Å². The van der Waals surface area contributed by atoms with Crippen molar-refractivity contribution in [3.63, 3.8) is 0 Å². The number of para-hydroxylation sites is 1. The number of fused-ring (bicyclic) bond motifs is 2. The van der Waals surface area contributed by atoms with Crippen molar-refractivity contribution in [2.45, 2.75) is 0 Å². The molecule has 2 aromatic carbocycles. The van der Waals surface area contributed by atoms with Crippen molar-refractivity contribution < 1.29 is 4.79 Å². The molecule has 40 heavy (non-hydrogen) atoms. The Labute approximate surface area is 230 Å². The Morgan fingerprint density at radius 1 is 0.925 bits per heavy atom. The second-order valence-corrected chi connectivity index (χ2v) is 10.0. The Kier molecular flexibility index (Phi) is 5.94. The average Bonchev–Trinajstić information content (AvgIpc) is 3.62. The first-order valence-corrected chi connectivity index (χ1v) is 13.2. The highest BCUT2D eigenvalue weighted by Crippen LogP contribution is 2.32. The number of carbonyl (C=O) groups excluding carboxylic acids is 1. The number of likely N-dealkylation sites (N-methyl/N-ethyl adjacent to an activating group) is 1. The van der Waals surface area contributed by atoms with Crippen LogP contribution in [0.4, 0.5) is 11.4 Å². The van der Waals surface area contributed by atoms with E-state index >= 15 is 0 Å². The fraction of sp³-hybridized carbons (Fsp3) is 0.167. The van der Waals surface area contributed by atoms with E-state index in [4.69, 9.17) is 4.98 Å². The highest BCUT2D eigenvalue weighted by molar-refractivity contribution is 6.04. The third-order valence-electron chi connectivity index (χ3n) is 7.35. The van der Waals surface area contributed by atoms with Crippen molar-refractivity contribution in [1.82, 2.24) is 35.0 Å². The van der Waals surface area contributed by atoms with E-state index in [0.717, 1.165) is 65.1 Å². The van der Waals surface area contributed by atoms with Crippen molar-refractivity contribution in [2.24, 2.45) is 0 Å². The summed E-state index contributed by atoms with van der Waals surface area (Å²) in [6.07, 6.45) is 5.15. The second kappa shape index (κ2) is 9.90. The molecule has 6 aromatic rings. The number of anilines is 2. The second-order valence-electron chi connectivity index (χ2n) is 10.0. The number of aromatic amines is 2. The first-order chi connectivity index (χ1) is 19.6. The van der Waals surface area contributed by atoms with E-state index in [-0.39, 0.29) is 5.91 Å². The molecule has 0 atom stereocenters. The van der Waals surface area contributed by atoms with Crippen LogP contribution in [0.1, 0.15) is 10.4 Å². The maximum Gasteiger partial charge on any atom is 0.255 e. The maximum atomic E-state index is 12.6. The van der Waals surface area contributed by atoms with Crippen molar-refractivity contribution in [3.05, 3.63) is 84.8 Å². The Morgan fingerprint density at radius 2 is 1.75 bits per heavy atom. The lowest BCUT2D eigenvalue weighted by atomic mass is 10.1. The SMILES string of the molecule is CN1CCN(c2cccc3[nH]c(-c4[nH]nc5ncc(-c6cncc(NC(=O)c7ccccc7)c6)cc45)nc23)CC1. The van der Waals surface area contributed by atoms with Gasteiger partial charge in [0.05, 0.1) is 28.5 Å². The Morgan fingerprint density at radius 3 is 2.60 bits per heavy atom. The van der Waals surface area contributed by atoms with Crippen LogP contribution in [-0.4, -0.2) is 74.2 Å². The molecule has 10 nitrogen and oxygen atoms in total. The van der Waals surface area contributed by atoms with E-state index in [1.54, 1.807) is 30.7 Å². The van der Waals surface area contributed by atoms with Crippen molar-refractivity contribution in [1.29, 1.82) is 0 Å². The Balaban J connectivity index is 1.21. The normalized spacial score (nSPS) is 14.2. The molecule has 1 saturated heterocycles. The fourth-order valence-corrected chi connectivity index (χ4v) is 5.13. The van der Waals surface area contributed by atoms with Gasteiger partial charge in [0.15, 0.2) is 11.5 Å². The number of nitrogens with one attached hydrogen (secondary N) is 3. The van der Waals surface area contributed by atoms with E-state index in [1.165, 1.54) is 0 Å². The summed E-state index contributed by atoms with van der Waals surface area (Å²) >= 11 is 0. The van der Waals surface area contributed by atoms with Crippen LogP contribution in [0.25, 0.3) is 44.7 Å². The van der Waals surface area contributed by atoms with Crippen LogP contribution in [0.5, 0.6) is 0 Å². The number of piperazine rings is 1. The number of amides is 1. The number of carbonyl (C=O) groups is 1. The lowest BCUT2D eigenvalue weighted by Gasteiger charge is -2.34. The Hall–Kier alpha value is -5.09. The molecule has 1 fully saturated rings. The number of pyridine rings is 2. The minimum atomic E-state index is -0.189. The molecule has 10 heteroatoms. The number of benzene rings is 2. The molecule has 3 N–H and O–H groups in total. The zero-order chi connectivity index (χ0) is 27.1. The molecule has 0 spiro atoms. The zero-order valence-electron chi connectivity index (χ0n) is 21.9. The summed E-state index contributed by atoms with van der Waals surface area (Å²) in [5.41, 5.74) is 7.29. The van der Waals surface area contributed by atoms with Crippen molar-refractivity contribution >= 4 is 39.3 Å². The predicted molar refractivity (Wildman–Crippen MR) is 156 cm³/mol. The number of H-pyrrole nitrogens is 2. The van der Waals surface area contributed by atoms with Gasteiger partial charge in [0.25, 0.3) is 5.91 Å². The molecule has 1 aliphatic heterocycles. The topological polar surface area (TPSA) is 119 Å². The quantitative estimate of drug-likeness (QED) is 0.299. The first kappa shape index (κ1) is 24.0. The molecule has 7 rings (SSSR count). The summed E-state index contributed by atoms with van der Waals surface area (Å²) in [7, 11) is 2.16. The van der Waals surface area contributed by atoms with E-state index in [9.17, 15) is 4.79 Å².